The van der Waals surface area contributed by atoms with Gasteiger partial charge in [0.15, 0.2) is 5.56 Å². The van der Waals surface area contributed by atoms with E-state index in [1.165, 1.54) is 57.7 Å². The van der Waals surface area contributed by atoms with Gasteiger partial charge >= 0.3 is 13.3 Å². The lowest BCUT2D eigenvalue weighted by molar-refractivity contribution is 0.103. The molecule has 0 heterocycles. The molecule has 0 spiro atoms. The molecule has 1 unspecified atom stereocenters. The Morgan fingerprint density at radius 1 is 0.788 bits per heavy atom. The second-order valence-corrected chi connectivity index (χ2v) is 9.32. The number of methoxy groups -OCH3 is 3. The van der Waals surface area contributed by atoms with E-state index in [1.807, 2.05) is 0 Å². The summed E-state index contributed by atoms with van der Waals surface area (Å²) < 4.78 is 29.2. The monoisotopic (exact) mass is 525 g/mol. The Morgan fingerprint density at radius 2 is 1.33 bits per heavy atom. The van der Waals surface area contributed by atoms with Gasteiger partial charge in [-0.25, -0.2) is 4.79 Å². The lowest BCUT2D eigenvalue weighted by Gasteiger charge is -2.11. The molecule has 0 bridgehead atoms. The van der Waals surface area contributed by atoms with Crippen LogP contribution in [-0.4, -0.2) is 32.6 Å². The molecule has 33 heavy (non-hydrogen) atoms. The minimum absolute atomic E-state index is 0.00867. The van der Waals surface area contributed by atoms with Crippen molar-refractivity contribution in [3.05, 3.63) is 80.3 Å². The van der Waals surface area contributed by atoms with Crippen LogP contribution in [0.2, 0.25) is 15.1 Å². The number of carbonyl (C=O) groups excluding carboxylic acids is 2. The third kappa shape index (κ3) is 4.99. The van der Waals surface area contributed by atoms with Crippen LogP contribution in [0.1, 0.15) is 26.3 Å². The summed E-state index contributed by atoms with van der Waals surface area (Å²) in [5.41, 5.74) is -0.809. The number of ether oxygens (including phenoxy) is 3. The van der Waals surface area contributed by atoms with E-state index in [1.54, 1.807) is 12.1 Å². The molecule has 0 aliphatic rings. The molecule has 0 saturated heterocycles. The van der Waals surface area contributed by atoms with E-state index < -0.39 is 19.1 Å². The van der Waals surface area contributed by atoms with Crippen LogP contribution >= 0.6 is 42.6 Å². The normalized spacial score (nSPS) is 11.0. The van der Waals surface area contributed by atoms with E-state index in [0.29, 0.717) is 5.75 Å². The van der Waals surface area contributed by atoms with Gasteiger partial charge in [0.2, 0.25) is 11.1 Å². The van der Waals surface area contributed by atoms with Crippen LogP contribution in [0.15, 0.2) is 48.5 Å². The first-order valence-electron chi connectivity index (χ1n) is 9.33. The van der Waals surface area contributed by atoms with Gasteiger partial charge in [0, 0.05) is 17.2 Å². The van der Waals surface area contributed by atoms with Gasteiger partial charge in [-0.05, 0) is 24.3 Å². The summed E-state index contributed by atoms with van der Waals surface area (Å²) in [6.07, 6.45) is 0. The number of ketones is 1. The average Bonchev–Trinajstić information content (AvgIpc) is 2.81. The minimum Gasteiger partial charge on any atom is -0.496 e. The van der Waals surface area contributed by atoms with Crippen molar-refractivity contribution >= 4 is 59.2 Å². The Hall–Kier alpha value is -2.63. The summed E-state index contributed by atoms with van der Waals surface area (Å²) in [6.45, 7) is 0. The SMILES string of the molecule is COc1cc(OC)c(C(=O)[P+](=O)c2ccccc2C(=O)c2c(Cl)cc(Cl)cc2Cl)c(OC)c1. The second-order valence-electron chi connectivity index (χ2n) is 6.60. The molecule has 0 N–H and O–H groups in total. The second kappa shape index (κ2) is 10.5. The highest BCUT2D eigenvalue weighted by atomic mass is 35.5. The molecule has 0 aliphatic carbocycles. The van der Waals surface area contributed by atoms with Gasteiger partial charge in [-0.1, -0.05) is 51.5 Å². The fourth-order valence-electron chi connectivity index (χ4n) is 3.16. The molecule has 3 aromatic carbocycles. The molecule has 3 rings (SSSR count). The maximum Gasteiger partial charge on any atom is 0.459 e. The van der Waals surface area contributed by atoms with Crippen molar-refractivity contribution in [2.75, 3.05) is 21.3 Å². The topological polar surface area (TPSA) is 78.9 Å². The Morgan fingerprint density at radius 3 is 1.85 bits per heavy atom. The number of halogens is 3. The van der Waals surface area contributed by atoms with E-state index in [9.17, 15) is 14.2 Å². The van der Waals surface area contributed by atoms with E-state index >= 15 is 0 Å². The van der Waals surface area contributed by atoms with Crippen LogP contribution < -0.4 is 19.5 Å². The van der Waals surface area contributed by atoms with Gasteiger partial charge in [0.25, 0.3) is 0 Å². The van der Waals surface area contributed by atoms with Gasteiger partial charge in [0.1, 0.15) is 17.2 Å². The van der Waals surface area contributed by atoms with Crippen LogP contribution in [0, 0.1) is 0 Å². The van der Waals surface area contributed by atoms with Gasteiger partial charge in [-0.3, -0.25) is 4.79 Å². The van der Waals surface area contributed by atoms with Crippen molar-refractivity contribution in [3.8, 4) is 17.2 Å². The van der Waals surface area contributed by atoms with Crippen LogP contribution in [0.5, 0.6) is 17.2 Å². The van der Waals surface area contributed by atoms with Crippen molar-refractivity contribution in [3.63, 3.8) is 0 Å². The van der Waals surface area contributed by atoms with Crippen molar-refractivity contribution in [2.45, 2.75) is 0 Å². The summed E-state index contributed by atoms with van der Waals surface area (Å²) in [6, 6.07) is 11.7. The fraction of sp³-hybridized carbons (Fsp3) is 0.130. The molecule has 0 radical (unpaired) electrons. The summed E-state index contributed by atoms with van der Waals surface area (Å²) in [7, 11) is 1.41. The zero-order valence-corrected chi connectivity index (χ0v) is 20.8. The molecule has 3 aromatic rings. The van der Waals surface area contributed by atoms with Crippen LogP contribution in [-0.2, 0) is 4.57 Å². The third-order valence-corrected chi connectivity index (χ3v) is 6.95. The molecular weight excluding hydrogens is 510 g/mol. The molecule has 170 valence electrons. The van der Waals surface area contributed by atoms with Crippen molar-refractivity contribution in [1.82, 2.24) is 0 Å². The van der Waals surface area contributed by atoms with Crippen LogP contribution in [0.25, 0.3) is 0 Å². The first kappa shape index (κ1) is 25.0. The predicted octanol–water partition coefficient (Wildman–Crippen LogP) is 6.20. The number of carbonyl (C=O) groups is 2. The Labute approximate surface area is 206 Å². The van der Waals surface area contributed by atoms with E-state index in [2.05, 4.69) is 0 Å². The number of hydrogen-bond donors (Lipinski definition) is 0. The molecule has 10 heteroatoms. The van der Waals surface area contributed by atoms with Gasteiger partial charge in [-0.2, -0.15) is 0 Å². The largest absolute Gasteiger partial charge is 0.496 e. The summed E-state index contributed by atoms with van der Waals surface area (Å²) in [5, 5.41) is 0.346. The highest BCUT2D eigenvalue weighted by Crippen LogP contribution is 2.41. The van der Waals surface area contributed by atoms with Crippen molar-refractivity contribution in [2.24, 2.45) is 0 Å². The van der Waals surface area contributed by atoms with E-state index in [4.69, 9.17) is 49.0 Å². The summed E-state index contributed by atoms with van der Waals surface area (Å²) in [4.78, 5) is 26.6. The van der Waals surface area contributed by atoms with Gasteiger partial charge in [0.05, 0.1) is 42.5 Å². The third-order valence-electron chi connectivity index (χ3n) is 4.71. The minimum atomic E-state index is -2.76. The van der Waals surface area contributed by atoms with Crippen LogP contribution in [0.4, 0.5) is 0 Å². The fourth-order valence-corrected chi connectivity index (χ4v) is 5.41. The number of rotatable bonds is 8. The lowest BCUT2D eigenvalue weighted by atomic mass is 10.0. The zero-order chi connectivity index (χ0) is 24.3. The molecule has 6 nitrogen and oxygen atoms in total. The quantitative estimate of drug-likeness (QED) is 0.257. The number of hydrogen-bond acceptors (Lipinski definition) is 6. The highest BCUT2D eigenvalue weighted by Gasteiger charge is 2.41. The first-order valence-corrected chi connectivity index (χ1v) is 11.7. The Balaban J connectivity index is 2.11. The zero-order valence-electron chi connectivity index (χ0n) is 17.6. The smallest absolute Gasteiger partial charge is 0.459 e. The molecular formula is C23H17Cl3O6P+. The maximum absolute atomic E-state index is 13.4. The molecule has 0 aromatic heterocycles. The standard InChI is InChI=1S/C23H17Cl3O6P/c1-30-13-10-17(31-2)21(18(11-13)32-3)23(28)33(29)19-7-5-4-6-14(19)22(27)20-15(25)8-12(24)9-16(20)26/h4-11H,1-3H3/q+1. The molecule has 0 amide bonds. The number of benzene rings is 3. The van der Waals surface area contributed by atoms with Crippen LogP contribution in [0.3, 0.4) is 0 Å². The highest BCUT2D eigenvalue weighted by molar-refractivity contribution is 7.71. The lowest BCUT2D eigenvalue weighted by Crippen LogP contribution is -2.17. The summed E-state index contributed by atoms with van der Waals surface area (Å²) in [5.74, 6) is 0.0273. The molecule has 0 fully saturated rings. The van der Waals surface area contributed by atoms with E-state index in [-0.39, 0.29) is 48.6 Å². The predicted molar refractivity (Wildman–Crippen MR) is 129 cm³/mol. The maximum atomic E-state index is 13.4. The first-order chi connectivity index (χ1) is 15.7. The van der Waals surface area contributed by atoms with Crippen molar-refractivity contribution < 1.29 is 28.4 Å². The van der Waals surface area contributed by atoms with Gasteiger partial charge in [-0.15, -0.1) is 0 Å². The molecule has 0 aliphatic heterocycles. The average molecular weight is 527 g/mol. The van der Waals surface area contributed by atoms with E-state index in [0.717, 1.165) is 0 Å². The molecule has 1 atom stereocenters. The van der Waals surface area contributed by atoms with Gasteiger partial charge < -0.3 is 14.2 Å². The van der Waals surface area contributed by atoms with Crippen molar-refractivity contribution in [1.29, 1.82) is 0 Å². The molecule has 0 saturated carbocycles. The Bertz CT molecular complexity index is 1230. The summed E-state index contributed by atoms with van der Waals surface area (Å²) >= 11 is 18.3. The Kier molecular flexibility index (Phi) is 7.98.